The third-order valence-corrected chi connectivity index (χ3v) is 5.40. The molecule has 0 radical (unpaired) electrons. The van der Waals surface area contributed by atoms with Gasteiger partial charge in [-0.15, -0.1) is 0 Å². The summed E-state index contributed by atoms with van der Waals surface area (Å²) < 4.78 is 15.8. The van der Waals surface area contributed by atoms with Crippen molar-refractivity contribution in [1.82, 2.24) is 15.0 Å². The molecule has 7 nitrogen and oxygen atoms in total. The van der Waals surface area contributed by atoms with Gasteiger partial charge in [0.25, 0.3) is 5.89 Å². The van der Waals surface area contributed by atoms with Crippen LogP contribution in [0.15, 0.2) is 53.1 Å². The summed E-state index contributed by atoms with van der Waals surface area (Å²) in [5, 5.41) is 4.12. The standard InChI is InChI=1S/C23H25N3O4/c1-28-19-8-6-18(7-9-19)23-24-21(25-30-23)13-17-10-11-26(15-17)22(27)14-16-4-3-5-20(12-16)29-2/h3-9,12,17H,10-11,13-15H2,1-2H3. The van der Waals surface area contributed by atoms with Crippen LogP contribution >= 0.6 is 0 Å². The van der Waals surface area contributed by atoms with Crippen LogP contribution in [-0.2, 0) is 17.6 Å². The molecule has 1 aliphatic heterocycles. The largest absolute Gasteiger partial charge is 0.497 e. The number of benzene rings is 2. The summed E-state index contributed by atoms with van der Waals surface area (Å²) in [4.78, 5) is 19.1. The average Bonchev–Trinajstić information content (AvgIpc) is 3.44. The van der Waals surface area contributed by atoms with Crippen molar-refractivity contribution in [3.63, 3.8) is 0 Å². The number of amides is 1. The van der Waals surface area contributed by atoms with Crippen molar-refractivity contribution in [1.29, 1.82) is 0 Å². The lowest BCUT2D eigenvalue weighted by molar-refractivity contribution is -0.129. The maximum atomic E-state index is 12.7. The zero-order chi connectivity index (χ0) is 20.9. The van der Waals surface area contributed by atoms with Crippen molar-refractivity contribution in [2.24, 2.45) is 5.92 Å². The van der Waals surface area contributed by atoms with Gasteiger partial charge in [-0.3, -0.25) is 4.79 Å². The maximum Gasteiger partial charge on any atom is 0.257 e. The van der Waals surface area contributed by atoms with Crippen molar-refractivity contribution < 1.29 is 18.8 Å². The number of nitrogens with zero attached hydrogens (tertiary/aromatic N) is 3. The first-order chi connectivity index (χ1) is 14.6. The molecule has 7 heteroatoms. The van der Waals surface area contributed by atoms with Gasteiger partial charge < -0.3 is 18.9 Å². The SMILES string of the molecule is COc1ccc(-c2nc(CC3CCN(C(=O)Cc4cccc(OC)c4)C3)no2)cc1. The highest BCUT2D eigenvalue weighted by molar-refractivity contribution is 5.79. The van der Waals surface area contributed by atoms with Crippen molar-refractivity contribution in [2.75, 3.05) is 27.3 Å². The van der Waals surface area contributed by atoms with Gasteiger partial charge in [-0.25, -0.2) is 0 Å². The van der Waals surface area contributed by atoms with Crippen LogP contribution < -0.4 is 9.47 Å². The van der Waals surface area contributed by atoms with E-state index in [9.17, 15) is 4.79 Å². The summed E-state index contributed by atoms with van der Waals surface area (Å²) in [5.41, 5.74) is 1.82. The third-order valence-electron chi connectivity index (χ3n) is 5.40. The number of aromatic nitrogens is 2. The van der Waals surface area contributed by atoms with E-state index in [1.807, 2.05) is 53.4 Å². The summed E-state index contributed by atoms with van der Waals surface area (Å²) in [5.74, 6) is 3.19. The van der Waals surface area contributed by atoms with Crippen LogP contribution in [0, 0.1) is 5.92 Å². The Kier molecular flexibility index (Phi) is 5.97. The third kappa shape index (κ3) is 4.62. The highest BCUT2D eigenvalue weighted by Crippen LogP contribution is 2.24. The number of hydrogen-bond acceptors (Lipinski definition) is 6. The lowest BCUT2D eigenvalue weighted by atomic mass is 10.0. The predicted octanol–water partition coefficient (Wildman–Crippen LogP) is 3.39. The van der Waals surface area contributed by atoms with Gasteiger partial charge in [0, 0.05) is 25.1 Å². The molecule has 156 valence electrons. The molecule has 0 spiro atoms. The Morgan fingerprint density at radius 3 is 2.70 bits per heavy atom. The van der Waals surface area contributed by atoms with Gasteiger partial charge in [0.15, 0.2) is 5.82 Å². The maximum absolute atomic E-state index is 12.7. The molecule has 1 amide bonds. The van der Waals surface area contributed by atoms with Crippen molar-refractivity contribution in [3.8, 4) is 23.0 Å². The van der Waals surface area contributed by atoms with Crippen LogP contribution in [0.25, 0.3) is 11.5 Å². The van der Waals surface area contributed by atoms with Crippen LogP contribution in [0.1, 0.15) is 17.8 Å². The molecule has 0 aliphatic carbocycles. The molecule has 1 saturated heterocycles. The number of likely N-dealkylation sites (tertiary alicyclic amines) is 1. The molecule has 1 aliphatic rings. The second-order valence-electron chi connectivity index (χ2n) is 7.47. The molecular weight excluding hydrogens is 382 g/mol. The topological polar surface area (TPSA) is 77.7 Å². The second kappa shape index (κ2) is 8.98. The molecule has 4 rings (SSSR count). The number of ether oxygens (including phenoxy) is 2. The van der Waals surface area contributed by atoms with Crippen LogP contribution in [0.5, 0.6) is 11.5 Å². The molecule has 30 heavy (non-hydrogen) atoms. The minimum Gasteiger partial charge on any atom is -0.497 e. The van der Waals surface area contributed by atoms with Crippen molar-refractivity contribution in [3.05, 3.63) is 59.9 Å². The van der Waals surface area contributed by atoms with Crippen LogP contribution in [0.4, 0.5) is 0 Å². The lowest BCUT2D eigenvalue weighted by Crippen LogP contribution is -2.30. The van der Waals surface area contributed by atoms with Gasteiger partial charge >= 0.3 is 0 Å². The van der Waals surface area contributed by atoms with Crippen molar-refractivity contribution >= 4 is 5.91 Å². The summed E-state index contributed by atoms with van der Waals surface area (Å²) >= 11 is 0. The van der Waals surface area contributed by atoms with E-state index in [1.54, 1.807) is 14.2 Å². The van der Waals surface area contributed by atoms with Crippen LogP contribution in [-0.4, -0.2) is 48.3 Å². The van der Waals surface area contributed by atoms with Gasteiger partial charge in [0.05, 0.1) is 20.6 Å². The molecule has 0 bridgehead atoms. The molecule has 0 N–H and O–H groups in total. The van der Waals surface area contributed by atoms with Gasteiger partial charge in [-0.2, -0.15) is 4.98 Å². The summed E-state index contributed by atoms with van der Waals surface area (Å²) in [7, 11) is 3.26. The molecule has 1 unspecified atom stereocenters. The number of carbonyl (C=O) groups is 1. The van der Waals surface area contributed by atoms with Gasteiger partial charge in [-0.05, 0) is 54.3 Å². The number of methoxy groups -OCH3 is 2. The minimum atomic E-state index is 0.137. The van der Waals surface area contributed by atoms with E-state index in [-0.39, 0.29) is 5.91 Å². The van der Waals surface area contributed by atoms with E-state index in [0.717, 1.165) is 42.1 Å². The summed E-state index contributed by atoms with van der Waals surface area (Å²) in [6.45, 7) is 1.48. The second-order valence-corrected chi connectivity index (χ2v) is 7.47. The Bertz CT molecular complexity index is 1000. The molecule has 2 heterocycles. The first kappa shape index (κ1) is 19.9. The summed E-state index contributed by atoms with van der Waals surface area (Å²) in [6, 6.07) is 15.2. The fourth-order valence-electron chi connectivity index (χ4n) is 3.74. The van der Waals surface area contributed by atoms with E-state index < -0.39 is 0 Å². The van der Waals surface area contributed by atoms with E-state index >= 15 is 0 Å². The first-order valence-electron chi connectivity index (χ1n) is 10.0. The highest BCUT2D eigenvalue weighted by Gasteiger charge is 2.27. The number of carbonyl (C=O) groups excluding carboxylic acids is 1. The van der Waals surface area contributed by atoms with E-state index in [0.29, 0.717) is 30.5 Å². The Morgan fingerprint density at radius 2 is 1.93 bits per heavy atom. The molecule has 2 aromatic carbocycles. The van der Waals surface area contributed by atoms with Gasteiger partial charge in [0.1, 0.15) is 11.5 Å². The van der Waals surface area contributed by atoms with Gasteiger partial charge in [0.2, 0.25) is 5.91 Å². The fourth-order valence-corrected chi connectivity index (χ4v) is 3.74. The quantitative estimate of drug-likeness (QED) is 0.597. The Morgan fingerprint density at radius 1 is 1.13 bits per heavy atom. The Hall–Kier alpha value is -3.35. The Balaban J connectivity index is 1.32. The smallest absolute Gasteiger partial charge is 0.257 e. The highest BCUT2D eigenvalue weighted by atomic mass is 16.5. The summed E-state index contributed by atoms with van der Waals surface area (Å²) in [6.07, 6.45) is 2.02. The fraction of sp³-hybridized carbons (Fsp3) is 0.348. The van der Waals surface area contributed by atoms with E-state index in [4.69, 9.17) is 14.0 Å². The van der Waals surface area contributed by atoms with Crippen LogP contribution in [0.2, 0.25) is 0 Å². The normalized spacial score (nSPS) is 15.9. The first-order valence-corrected chi connectivity index (χ1v) is 10.0. The lowest BCUT2D eigenvalue weighted by Gasteiger charge is -2.16. The molecule has 1 atom stereocenters. The minimum absolute atomic E-state index is 0.137. The molecule has 3 aromatic rings. The average molecular weight is 407 g/mol. The Labute approximate surface area is 175 Å². The number of hydrogen-bond donors (Lipinski definition) is 0. The number of rotatable bonds is 7. The van der Waals surface area contributed by atoms with Crippen molar-refractivity contribution in [2.45, 2.75) is 19.3 Å². The molecular formula is C23H25N3O4. The zero-order valence-corrected chi connectivity index (χ0v) is 17.2. The van der Waals surface area contributed by atoms with Crippen LogP contribution in [0.3, 0.4) is 0 Å². The monoisotopic (exact) mass is 407 g/mol. The van der Waals surface area contributed by atoms with Gasteiger partial charge in [-0.1, -0.05) is 17.3 Å². The predicted molar refractivity (Wildman–Crippen MR) is 111 cm³/mol. The molecule has 1 fully saturated rings. The van der Waals surface area contributed by atoms with E-state index in [1.165, 1.54) is 0 Å². The van der Waals surface area contributed by atoms with E-state index in [2.05, 4.69) is 10.1 Å². The molecule has 0 saturated carbocycles. The zero-order valence-electron chi connectivity index (χ0n) is 17.2. The molecule has 1 aromatic heterocycles.